The van der Waals surface area contributed by atoms with Crippen LogP contribution in [-0.4, -0.2) is 17.6 Å². The van der Waals surface area contributed by atoms with Gasteiger partial charge in [-0.1, -0.05) is 128 Å². The zero-order valence-electron chi connectivity index (χ0n) is 23.0. The minimum atomic E-state index is -0.715. The molecule has 4 aromatic rings. The van der Waals surface area contributed by atoms with E-state index in [9.17, 15) is 4.79 Å². The van der Waals surface area contributed by atoms with Gasteiger partial charge in [-0.25, -0.2) is 9.80 Å². The number of benzene rings is 4. The molecule has 2 aliphatic heterocycles. The van der Waals surface area contributed by atoms with Crippen molar-refractivity contribution in [3.05, 3.63) is 137 Å². The third-order valence-electron chi connectivity index (χ3n) is 7.63. The second-order valence-corrected chi connectivity index (χ2v) is 12.7. The monoisotopic (exact) mass is 564 g/mol. The molecule has 0 aliphatic carbocycles. The van der Waals surface area contributed by atoms with Crippen LogP contribution in [0.2, 0.25) is 0 Å². The van der Waals surface area contributed by atoms with Crippen LogP contribution in [0.3, 0.4) is 0 Å². The van der Waals surface area contributed by atoms with Gasteiger partial charge in [0.2, 0.25) is 5.04 Å². The third kappa shape index (κ3) is 4.25. The van der Waals surface area contributed by atoms with Gasteiger partial charge in [-0.2, -0.15) is 5.10 Å². The van der Waals surface area contributed by atoms with Gasteiger partial charge in [0.25, 0.3) is 0 Å². The molecule has 0 radical (unpaired) electrons. The number of aryl methyl sites for hydroxylation is 2. The van der Waals surface area contributed by atoms with E-state index in [0.717, 1.165) is 24.1 Å². The van der Waals surface area contributed by atoms with Crippen LogP contribution in [-0.2, 0) is 31.3 Å². The number of fused-ring (bicyclic) bond motifs is 2. The van der Waals surface area contributed by atoms with E-state index in [-0.39, 0.29) is 5.97 Å². The highest BCUT2D eigenvalue weighted by molar-refractivity contribution is 8.27. The summed E-state index contributed by atoms with van der Waals surface area (Å²) < 4.78 is 4.21. The van der Waals surface area contributed by atoms with Crippen molar-refractivity contribution < 1.29 is 9.53 Å². The van der Waals surface area contributed by atoms with Crippen LogP contribution in [0.4, 0.5) is 5.69 Å². The van der Waals surface area contributed by atoms with E-state index in [2.05, 4.69) is 98.8 Å². The topological polar surface area (TPSA) is 41.9 Å². The molecule has 0 bridgehead atoms. The molecule has 1 atom stereocenters. The van der Waals surface area contributed by atoms with E-state index < -0.39 is 8.95 Å². The van der Waals surface area contributed by atoms with Crippen molar-refractivity contribution in [2.75, 3.05) is 11.6 Å². The highest BCUT2D eigenvalue weighted by atomic mass is 32.2. The summed E-state index contributed by atoms with van der Waals surface area (Å²) in [7, 11) is 0. The van der Waals surface area contributed by atoms with Gasteiger partial charge in [-0.3, -0.25) is 0 Å². The van der Waals surface area contributed by atoms with E-state index in [1.54, 1.807) is 0 Å². The number of carbonyl (C=O) groups excluding carboxylic acids is 1. The Kier molecular flexibility index (Phi) is 7.24. The Labute approximate surface area is 244 Å². The molecule has 0 unspecified atom stereocenters. The zero-order chi connectivity index (χ0) is 27.7. The number of hydrogen-bond acceptors (Lipinski definition) is 6. The maximum atomic E-state index is 13.1. The van der Waals surface area contributed by atoms with Gasteiger partial charge >= 0.3 is 5.97 Å². The standard InChI is InChI=1S/C34H32N2O2S2/c1-4-24-16-20-26(21-17-24)33(27-22-18-25(5-2)19-23-27)29-14-10-11-15-30(29)34(40-33)36(28-12-8-7-9-13-28)35-31(39-34)32(37)38-6-3/h7-23H,4-6H2,1-3H3/t34-/m1/s1. The van der Waals surface area contributed by atoms with Gasteiger partial charge in [-0.15, -0.1) is 0 Å². The van der Waals surface area contributed by atoms with Crippen LogP contribution in [0.1, 0.15) is 54.2 Å². The fraction of sp³-hybridized carbons (Fsp3) is 0.235. The number of para-hydroxylation sites is 1. The van der Waals surface area contributed by atoms with Crippen LogP contribution < -0.4 is 5.01 Å². The molecule has 0 saturated carbocycles. The van der Waals surface area contributed by atoms with Crippen LogP contribution in [0, 0.1) is 0 Å². The normalized spacial score (nSPS) is 19.0. The lowest BCUT2D eigenvalue weighted by Crippen LogP contribution is -2.34. The largest absolute Gasteiger partial charge is 0.461 e. The predicted molar refractivity (Wildman–Crippen MR) is 168 cm³/mol. The Morgan fingerprint density at radius 3 is 1.85 bits per heavy atom. The number of ether oxygens (including phenoxy) is 1. The molecule has 4 aromatic carbocycles. The number of anilines is 1. The Morgan fingerprint density at radius 1 is 0.750 bits per heavy atom. The molecule has 6 rings (SSSR count). The van der Waals surface area contributed by atoms with Gasteiger partial charge in [0.1, 0.15) is 0 Å². The molecule has 0 amide bonds. The molecule has 2 aliphatic rings. The van der Waals surface area contributed by atoms with Crippen molar-refractivity contribution >= 4 is 40.2 Å². The maximum Gasteiger partial charge on any atom is 0.365 e. The minimum Gasteiger partial charge on any atom is -0.461 e. The lowest BCUT2D eigenvalue weighted by molar-refractivity contribution is -0.134. The maximum absolute atomic E-state index is 13.1. The van der Waals surface area contributed by atoms with Gasteiger partial charge < -0.3 is 4.74 Å². The predicted octanol–water partition coefficient (Wildman–Crippen LogP) is 8.09. The van der Waals surface area contributed by atoms with E-state index >= 15 is 0 Å². The first-order valence-electron chi connectivity index (χ1n) is 13.8. The average Bonchev–Trinajstić information content (AvgIpc) is 3.55. The van der Waals surface area contributed by atoms with E-state index in [0.29, 0.717) is 11.7 Å². The number of rotatable bonds is 7. The van der Waals surface area contributed by atoms with Gasteiger partial charge in [0.05, 0.1) is 17.0 Å². The van der Waals surface area contributed by atoms with Gasteiger partial charge in [-0.05, 0) is 59.7 Å². The van der Waals surface area contributed by atoms with Crippen molar-refractivity contribution in [3.8, 4) is 0 Å². The quantitative estimate of drug-likeness (QED) is 0.212. The average molecular weight is 565 g/mol. The fourth-order valence-electron chi connectivity index (χ4n) is 5.59. The second-order valence-electron chi connectivity index (χ2n) is 9.89. The lowest BCUT2D eigenvalue weighted by Gasteiger charge is -2.37. The Hall–Kier alpha value is -3.48. The molecular weight excluding hydrogens is 533 g/mol. The van der Waals surface area contributed by atoms with Crippen molar-refractivity contribution in [3.63, 3.8) is 0 Å². The van der Waals surface area contributed by atoms with E-state index in [1.165, 1.54) is 39.6 Å². The number of hydrazone groups is 1. The number of carbonyl (C=O) groups is 1. The summed E-state index contributed by atoms with van der Waals surface area (Å²) in [6.07, 6.45) is 1.97. The summed E-state index contributed by atoms with van der Waals surface area (Å²) >= 11 is 3.32. The molecule has 0 aromatic heterocycles. The molecule has 2 heterocycles. The summed E-state index contributed by atoms with van der Waals surface area (Å²) in [4.78, 5) is 13.1. The minimum absolute atomic E-state index is 0.304. The Bertz CT molecular complexity index is 1500. The second kappa shape index (κ2) is 10.8. The summed E-state index contributed by atoms with van der Waals surface area (Å²) in [5, 5.41) is 7.33. The van der Waals surface area contributed by atoms with E-state index in [1.807, 2.05) is 41.9 Å². The number of thioether (sulfide) groups is 2. The third-order valence-corrected chi connectivity index (χ3v) is 10.9. The number of esters is 1. The number of hydrogen-bond donors (Lipinski definition) is 0. The summed E-state index contributed by atoms with van der Waals surface area (Å²) in [5.74, 6) is -0.388. The molecule has 0 fully saturated rings. The Morgan fingerprint density at radius 2 is 1.30 bits per heavy atom. The fourth-order valence-corrected chi connectivity index (χ4v) is 9.14. The zero-order valence-corrected chi connectivity index (χ0v) is 24.6. The summed E-state index contributed by atoms with van der Waals surface area (Å²) in [6.45, 7) is 6.50. The summed E-state index contributed by atoms with van der Waals surface area (Å²) in [6, 6.07) is 36.8. The first-order chi connectivity index (χ1) is 19.6. The smallest absolute Gasteiger partial charge is 0.365 e. The first kappa shape index (κ1) is 26.7. The van der Waals surface area contributed by atoms with Gasteiger partial charge in [0, 0.05) is 5.56 Å². The van der Waals surface area contributed by atoms with Crippen LogP contribution in [0.25, 0.3) is 0 Å². The summed E-state index contributed by atoms with van der Waals surface area (Å²) in [5.41, 5.74) is 8.30. The van der Waals surface area contributed by atoms with Crippen LogP contribution in [0.15, 0.2) is 108 Å². The molecule has 0 saturated heterocycles. The molecule has 202 valence electrons. The van der Waals surface area contributed by atoms with Crippen molar-refractivity contribution in [2.45, 2.75) is 42.6 Å². The van der Waals surface area contributed by atoms with Crippen LogP contribution >= 0.6 is 23.5 Å². The molecular formula is C34H32N2O2S2. The SMILES string of the molecule is CCOC(=O)C1=NN(c2ccccc2)[C@]2(S1)SC(c1ccc(CC)cc1)(c1ccc(CC)cc1)c1ccccc12. The van der Waals surface area contributed by atoms with Crippen molar-refractivity contribution in [1.82, 2.24) is 0 Å². The van der Waals surface area contributed by atoms with Gasteiger partial charge in [0.15, 0.2) is 4.20 Å². The molecule has 40 heavy (non-hydrogen) atoms. The van der Waals surface area contributed by atoms with Crippen LogP contribution in [0.5, 0.6) is 0 Å². The number of nitrogens with zero attached hydrogens (tertiary/aromatic N) is 2. The van der Waals surface area contributed by atoms with Crippen molar-refractivity contribution in [1.29, 1.82) is 0 Å². The molecule has 1 spiro atoms. The molecule has 4 nitrogen and oxygen atoms in total. The molecule has 6 heteroatoms. The molecule has 0 N–H and O–H groups in total. The lowest BCUT2D eigenvalue weighted by atomic mass is 9.81. The highest BCUT2D eigenvalue weighted by Crippen LogP contribution is 2.70. The first-order valence-corrected chi connectivity index (χ1v) is 15.5. The van der Waals surface area contributed by atoms with E-state index in [4.69, 9.17) is 9.84 Å². The van der Waals surface area contributed by atoms with Crippen molar-refractivity contribution in [2.24, 2.45) is 5.10 Å². The Balaban J connectivity index is 1.61. The highest BCUT2D eigenvalue weighted by Gasteiger charge is 2.61.